The van der Waals surface area contributed by atoms with E-state index >= 15 is 0 Å². The summed E-state index contributed by atoms with van der Waals surface area (Å²) in [6.45, 7) is 3.96. The number of nitrogens with one attached hydrogen (secondary N) is 1. The summed E-state index contributed by atoms with van der Waals surface area (Å²) in [6, 6.07) is 11.1. The van der Waals surface area contributed by atoms with Gasteiger partial charge in [-0.2, -0.15) is 0 Å². The van der Waals surface area contributed by atoms with Gasteiger partial charge in [-0.05, 0) is 36.4 Å². The summed E-state index contributed by atoms with van der Waals surface area (Å²) < 4.78 is 6.70. The number of hydrogen-bond donors (Lipinski definition) is 1. The molecule has 1 atom stereocenters. The molecule has 7 heteroatoms. The van der Waals surface area contributed by atoms with Gasteiger partial charge in [0.2, 0.25) is 5.91 Å². The number of amides is 2. The minimum absolute atomic E-state index is 0.167. The predicted octanol–water partition coefficient (Wildman–Crippen LogP) is 1.86. The number of nitrogens with zero attached hydrogens (tertiary/aromatic N) is 2. The maximum Gasteiger partial charge on any atom is 0.310 e. The molecule has 1 aromatic heterocycles. The van der Waals surface area contributed by atoms with Crippen LogP contribution in [-0.4, -0.2) is 54.0 Å². The number of benzene rings is 1. The van der Waals surface area contributed by atoms with Crippen LogP contribution in [0.25, 0.3) is 5.69 Å². The lowest BCUT2D eigenvalue weighted by Crippen LogP contribution is -2.41. The van der Waals surface area contributed by atoms with E-state index < -0.39 is 5.92 Å². The molecule has 0 aliphatic rings. The van der Waals surface area contributed by atoms with Gasteiger partial charge in [-0.1, -0.05) is 6.92 Å². The van der Waals surface area contributed by atoms with Crippen molar-refractivity contribution in [2.75, 3.05) is 26.7 Å². The molecule has 2 rings (SSSR count). The van der Waals surface area contributed by atoms with Gasteiger partial charge in [0.05, 0.1) is 13.0 Å². The molecule has 7 nitrogen and oxygen atoms in total. The fourth-order valence-corrected chi connectivity index (χ4v) is 2.71. The SMILES string of the molecule is COC(=O)C(C)CN(CCNC(C)=O)C(=O)c1ccc(-n2cccc2)cc1. The molecule has 0 radical (unpaired) electrons. The zero-order valence-electron chi connectivity index (χ0n) is 15.8. The Morgan fingerprint density at radius 2 is 1.78 bits per heavy atom. The van der Waals surface area contributed by atoms with Crippen LogP contribution in [0.2, 0.25) is 0 Å². The second-order valence-corrected chi connectivity index (χ2v) is 6.30. The van der Waals surface area contributed by atoms with Gasteiger partial charge in [-0.15, -0.1) is 0 Å². The molecular weight excluding hydrogens is 346 g/mol. The van der Waals surface area contributed by atoms with E-state index in [1.807, 2.05) is 41.2 Å². The smallest absolute Gasteiger partial charge is 0.310 e. The minimum Gasteiger partial charge on any atom is -0.469 e. The maximum absolute atomic E-state index is 12.9. The van der Waals surface area contributed by atoms with Gasteiger partial charge in [-0.25, -0.2) is 0 Å². The van der Waals surface area contributed by atoms with Gasteiger partial charge in [0.15, 0.2) is 0 Å². The van der Waals surface area contributed by atoms with Gasteiger partial charge >= 0.3 is 5.97 Å². The number of esters is 1. The Labute approximate surface area is 158 Å². The first-order valence-corrected chi connectivity index (χ1v) is 8.77. The molecule has 0 fully saturated rings. The molecule has 1 heterocycles. The van der Waals surface area contributed by atoms with Crippen LogP contribution in [0.5, 0.6) is 0 Å². The largest absolute Gasteiger partial charge is 0.469 e. The van der Waals surface area contributed by atoms with Gasteiger partial charge < -0.3 is 19.5 Å². The molecule has 1 unspecified atom stereocenters. The van der Waals surface area contributed by atoms with Crippen molar-refractivity contribution in [2.45, 2.75) is 13.8 Å². The highest BCUT2D eigenvalue weighted by Crippen LogP contribution is 2.13. The first-order chi connectivity index (χ1) is 12.9. The Hall–Kier alpha value is -3.09. The van der Waals surface area contributed by atoms with E-state index in [9.17, 15) is 14.4 Å². The summed E-state index contributed by atoms with van der Waals surface area (Å²) >= 11 is 0. The average Bonchev–Trinajstić information content (AvgIpc) is 3.20. The molecule has 0 spiro atoms. The van der Waals surface area contributed by atoms with Gasteiger partial charge in [0, 0.05) is 50.2 Å². The van der Waals surface area contributed by atoms with Crippen molar-refractivity contribution in [3.05, 3.63) is 54.4 Å². The van der Waals surface area contributed by atoms with Gasteiger partial charge in [0.25, 0.3) is 5.91 Å². The first kappa shape index (κ1) is 20.2. The van der Waals surface area contributed by atoms with E-state index in [2.05, 4.69) is 5.32 Å². The zero-order valence-corrected chi connectivity index (χ0v) is 15.8. The summed E-state index contributed by atoms with van der Waals surface area (Å²) in [5.74, 6) is -1.21. The number of ether oxygens (including phenoxy) is 1. The second kappa shape index (κ2) is 9.56. The van der Waals surface area contributed by atoms with E-state index in [0.717, 1.165) is 5.69 Å². The van der Waals surface area contributed by atoms with Crippen LogP contribution in [0.4, 0.5) is 0 Å². The summed E-state index contributed by atoms with van der Waals surface area (Å²) in [4.78, 5) is 37.3. The Bertz CT molecular complexity index is 769. The van der Waals surface area contributed by atoms with Crippen molar-refractivity contribution in [2.24, 2.45) is 5.92 Å². The van der Waals surface area contributed by atoms with Gasteiger partial charge in [0.1, 0.15) is 0 Å². The molecule has 27 heavy (non-hydrogen) atoms. The molecule has 0 saturated carbocycles. The molecule has 2 aromatic rings. The van der Waals surface area contributed by atoms with Crippen LogP contribution in [0.3, 0.4) is 0 Å². The molecule has 1 N–H and O–H groups in total. The second-order valence-electron chi connectivity index (χ2n) is 6.30. The van der Waals surface area contributed by atoms with Crippen LogP contribution in [-0.2, 0) is 14.3 Å². The molecule has 0 bridgehead atoms. The molecule has 0 saturated heterocycles. The Kier molecular flexibility index (Phi) is 7.16. The van der Waals surface area contributed by atoms with Crippen molar-refractivity contribution in [1.82, 2.24) is 14.8 Å². The first-order valence-electron chi connectivity index (χ1n) is 8.77. The summed E-state index contributed by atoms with van der Waals surface area (Å²) in [6.07, 6.45) is 3.85. The lowest BCUT2D eigenvalue weighted by atomic mass is 10.1. The Morgan fingerprint density at radius 1 is 1.15 bits per heavy atom. The third-order valence-corrected chi connectivity index (χ3v) is 4.16. The van der Waals surface area contributed by atoms with Crippen LogP contribution < -0.4 is 5.32 Å². The lowest BCUT2D eigenvalue weighted by Gasteiger charge is -2.25. The number of carbonyl (C=O) groups is 3. The van der Waals surface area contributed by atoms with E-state index in [-0.39, 0.29) is 24.3 Å². The standard InChI is InChI=1S/C20H25N3O4/c1-15(20(26)27-3)14-23(13-10-21-16(2)24)19(25)17-6-8-18(9-7-17)22-11-4-5-12-22/h4-9,11-12,15H,10,13-14H2,1-3H3,(H,21,24). The highest BCUT2D eigenvalue weighted by Gasteiger charge is 2.22. The average molecular weight is 371 g/mol. The predicted molar refractivity (Wildman–Crippen MR) is 102 cm³/mol. The van der Waals surface area contributed by atoms with Crippen molar-refractivity contribution in [3.8, 4) is 5.69 Å². The van der Waals surface area contributed by atoms with E-state index in [1.54, 1.807) is 24.0 Å². The number of methoxy groups -OCH3 is 1. The van der Waals surface area contributed by atoms with Crippen molar-refractivity contribution >= 4 is 17.8 Å². The van der Waals surface area contributed by atoms with Crippen LogP contribution in [0.1, 0.15) is 24.2 Å². The highest BCUT2D eigenvalue weighted by atomic mass is 16.5. The Morgan fingerprint density at radius 3 is 2.33 bits per heavy atom. The van der Waals surface area contributed by atoms with Crippen LogP contribution in [0, 0.1) is 5.92 Å². The lowest BCUT2D eigenvalue weighted by molar-refractivity contribution is -0.145. The number of carbonyl (C=O) groups excluding carboxylic acids is 3. The van der Waals surface area contributed by atoms with E-state index in [1.165, 1.54) is 14.0 Å². The topological polar surface area (TPSA) is 80.6 Å². The van der Waals surface area contributed by atoms with E-state index in [4.69, 9.17) is 4.74 Å². The molecular formula is C20H25N3O4. The Balaban J connectivity index is 2.13. The maximum atomic E-state index is 12.9. The van der Waals surface area contributed by atoms with Crippen molar-refractivity contribution in [1.29, 1.82) is 0 Å². The third kappa shape index (κ3) is 5.70. The zero-order chi connectivity index (χ0) is 19.8. The molecule has 1 aromatic carbocycles. The monoisotopic (exact) mass is 371 g/mol. The van der Waals surface area contributed by atoms with E-state index in [0.29, 0.717) is 18.7 Å². The highest BCUT2D eigenvalue weighted by molar-refractivity contribution is 5.94. The van der Waals surface area contributed by atoms with Crippen LogP contribution >= 0.6 is 0 Å². The quantitative estimate of drug-likeness (QED) is 0.719. The normalized spacial score (nSPS) is 11.5. The molecule has 0 aliphatic heterocycles. The molecule has 0 aliphatic carbocycles. The number of hydrogen-bond acceptors (Lipinski definition) is 4. The summed E-state index contributed by atoms with van der Waals surface area (Å²) in [7, 11) is 1.32. The van der Waals surface area contributed by atoms with Crippen molar-refractivity contribution < 1.29 is 19.1 Å². The van der Waals surface area contributed by atoms with Gasteiger partial charge in [-0.3, -0.25) is 14.4 Å². The summed E-state index contributed by atoms with van der Waals surface area (Å²) in [5.41, 5.74) is 1.47. The third-order valence-electron chi connectivity index (χ3n) is 4.16. The summed E-state index contributed by atoms with van der Waals surface area (Å²) in [5, 5.41) is 2.67. The fourth-order valence-electron chi connectivity index (χ4n) is 2.71. The number of aromatic nitrogens is 1. The molecule has 144 valence electrons. The number of rotatable bonds is 8. The molecule has 2 amide bonds. The van der Waals surface area contributed by atoms with Crippen LogP contribution in [0.15, 0.2) is 48.8 Å². The minimum atomic E-state index is -0.463. The fraction of sp³-hybridized carbons (Fsp3) is 0.350. The van der Waals surface area contributed by atoms with Crippen molar-refractivity contribution in [3.63, 3.8) is 0 Å².